The van der Waals surface area contributed by atoms with Crippen molar-refractivity contribution in [1.82, 2.24) is 14.8 Å². The second kappa shape index (κ2) is 8.91. The van der Waals surface area contributed by atoms with Crippen LogP contribution in [0.4, 0.5) is 5.69 Å². The summed E-state index contributed by atoms with van der Waals surface area (Å²) >= 11 is 1.29. The van der Waals surface area contributed by atoms with Crippen molar-refractivity contribution in [1.29, 1.82) is 0 Å². The Kier molecular flexibility index (Phi) is 6.33. The van der Waals surface area contributed by atoms with Gasteiger partial charge >= 0.3 is 0 Å². The predicted molar refractivity (Wildman–Crippen MR) is 113 cm³/mol. The van der Waals surface area contributed by atoms with E-state index >= 15 is 0 Å². The summed E-state index contributed by atoms with van der Waals surface area (Å²) in [5.41, 5.74) is 1.82. The summed E-state index contributed by atoms with van der Waals surface area (Å²) in [7, 11) is 0. The zero-order valence-electron chi connectivity index (χ0n) is 16.5. The fourth-order valence-electron chi connectivity index (χ4n) is 2.83. The van der Waals surface area contributed by atoms with Gasteiger partial charge in [0, 0.05) is 12.1 Å². The number of allylic oxidation sites excluding steroid dienone is 1. The topological polar surface area (TPSA) is 90.0 Å². The van der Waals surface area contributed by atoms with Gasteiger partial charge in [-0.05, 0) is 39.0 Å². The zero-order valence-corrected chi connectivity index (χ0v) is 17.3. The maximum absolute atomic E-state index is 12.7. The van der Waals surface area contributed by atoms with E-state index in [1.807, 2.05) is 17.6 Å². The Morgan fingerprint density at radius 2 is 2.07 bits per heavy atom. The summed E-state index contributed by atoms with van der Waals surface area (Å²) in [5.74, 6) is 1.07. The lowest BCUT2D eigenvalue weighted by molar-refractivity contribution is -0.115. The second-order valence-electron chi connectivity index (χ2n) is 6.45. The van der Waals surface area contributed by atoms with Crippen LogP contribution in [0.15, 0.2) is 58.8 Å². The third-order valence-electron chi connectivity index (χ3n) is 4.34. The minimum absolute atomic E-state index is 0.105. The molecule has 0 bridgehead atoms. The number of carbonyl (C=O) groups is 2. The molecule has 0 saturated heterocycles. The van der Waals surface area contributed by atoms with Gasteiger partial charge in [0.25, 0.3) is 0 Å². The van der Waals surface area contributed by atoms with E-state index in [4.69, 9.17) is 4.42 Å². The number of para-hydroxylation sites is 1. The van der Waals surface area contributed by atoms with Crippen LogP contribution < -0.4 is 5.32 Å². The molecule has 0 aliphatic heterocycles. The molecule has 7 nitrogen and oxygen atoms in total. The summed E-state index contributed by atoms with van der Waals surface area (Å²) in [5, 5.41) is 11.5. The molecule has 2 aromatic heterocycles. The number of Topliss-reactive ketones (excluding diaryl/α,β-unsaturated/α-hetero) is 1. The minimum atomic E-state index is -0.457. The normalized spacial score (nSPS) is 11.8. The number of thioether (sulfide) groups is 1. The first kappa shape index (κ1) is 20.6. The third kappa shape index (κ3) is 4.48. The fourth-order valence-corrected chi connectivity index (χ4v) is 3.69. The largest absolute Gasteiger partial charge is 0.469 e. The molecule has 2 heterocycles. The zero-order chi connectivity index (χ0) is 21.0. The highest BCUT2D eigenvalue weighted by atomic mass is 32.2. The Labute approximate surface area is 173 Å². The van der Waals surface area contributed by atoms with Gasteiger partial charge in [0.1, 0.15) is 5.76 Å². The standard InChI is InChI=1S/C21H22N4O3S/c1-5-11-25-19(17-10-12-28-14(17)3)23-24-21(25)29-15(4)20(27)22-18-9-7-6-8-16(18)13(2)26/h5-10,12,15H,1,11H2,2-4H3,(H,22,27). The number of carbonyl (C=O) groups excluding carboxylic acids is 2. The molecule has 0 spiro atoms. The Morgan fingerprint density at radius 3 is 2.72 bits per heavy atom. The molecule has 8 heteroatoms. The second-order valence-corrected chi connectivity index (χ2v) is 7.75. The van der Waals surface area contributed by atoms with Gasteiger partial charge in [-0.3, -0.25) is 14.2 Å². The van der Waals surface area contributed by atoms with E-state index in [-0.39, 0.29) is 11.7 Å². The SMILES string of the molecule is C=CCn1c(SC(C)C(=O)Nc2ccccc2C(C)=O)nnc1-c1ccoc1C. The number of benzene rings is 1. The molecule has 29 heavy (non-hydrogen) atoms. The fraction of sp³-hybridized carbons (Fsp3) is 0.238. The number of nitrogens with zero attached hydrogens (tertiary/aromatic N) is 3. The molecule has 0 fully saturated rings. The lowest BCUT2D eigenvalue weighted by Gasteiger charge is -2.14. The maximum atomic E-state index is 12.7. The van der Waals surface area contributed by atoms with Crippen LogP contribution in [0.5, 0.6) is 0 Å². The molecule has 1 N–H and O–H groups in total. The van der Waals surface area contributed by atoms with Gasteiger partial charge in [-0.25, -0.2) is 0 Å². The molecule has 0 aliphatic rings. The van der Waals surface area contributed by atoms with Crippen LogP contribution in [-0.2, 0) is 11.3 Å². The number of anilines is 1. The number of rotatable bonds is 8. The number of aromatic nitrogens is 3. The van der Waals surface area contributed by atoms with Gasteiger partial charge in [-0.2, -0.15) is 0 Å². The summed E-state index contributed by atoms with van der Waals surface area (Å²) in [6.45, 7) is 9.41. The number of hydrogen-bond acceptors (Lipinski definition) is 6. The quantitative estimate of drug-likeness (QED) is 0.337. The van der Waals surface area contributed by atoms with Crippen LogP contribution in [0.3, 0.4) is 0 Å². The lowest BCUT2D eigenvalue weighted by Crippen LogP contribution is -2.24. The van der Waals surface area contributed by atoms with E-state index in [2.05, 4.69) is 22.1 Å². The molecule has 3 aromatic rings. The lowest BCUT2D eigenvalue weighted by atomic mass is 10.1. The summed E-state index contributed by atoms with van der Waals surface area (Å²) in [4.78, 5) is 24.5. The van der Waals surface area contributed by atoms with Crippen molar-refractivity contribution in [2.45, 2.75) is 37.7 Å². The molecule has 0 saturated carbocycles. The molecule has 1 amide bonds. The van der Waals surface area contributed by atoms with E-state index in [0.29, 0.717) is 28.8 Å². The monoisotopic (exact) mass is 410 g/mol. The molecule has 1 atom stereocenters. The van der Waals surface area contributed by atoms with E-state index < -0.39 is 5.25 Å². The van der Waals surface area contributed by atoms with Gasteiger partial charge < -0.3 is 9.73 Å². The van der Waals surface area contributed by atoms with Gasteiger partial charge in [-0.15, -0.1) is 16.8 Å². The van der Waals surface area contributed by atoms with Gasteiger partial charge in [0.15, 0.2) is 16.8 Å². The Bertz CT molecular complexity index is 1050. The molecule has 3 rings (SSSR count). The van der Waals surface area contributed by atoms with Crippen molar-refractivity contribution in [3.05, 3.63) is 60.6 Å². The van der Waals surface area contributed by atoms with Gasteiger partial charge in [0.05, 0.1) is 22.8 Å². The first-order valence-corrected chi connectivity index (χ1v) is 9.96. The number of nitrogens with one attached hydrogen (secondary N) is 1. The molecule has 1 aromatic carbocycles. The molecule has 0 aliphatic carbocycles. The van der Waals surface area contributed by atoms with Crippen molar-refractivity contribution in [3.63, 3.8) is 0 Å². The van der Waals surface area contributed by atoms with Crippen LogP contribution in [0.1, 0.15) is 30.0 Å². The van der Waals surface area contributed by atoms with Crippen LogP contribution in [0.25, 0.3) is 11.4 Å². The summed E-state index contributed by atoms with van der Waals surface area (Å²) in [6.07, 6.45) is 3.35. The molecule has 0 radical (unpaired) electrons. The smallest absolute Gasteiger partial charge is 0.237 e. The molecular formula is C21H22N4O3S. The van der Waals surface area contributed by atoms with Crippen molar-refractivity contribution >= 4 is 29.1 Å². The van der Waals surface area contributed by atoms with Crippen molar-refractivity contribution in [2.24, 2.45) is 0 Å². The third-order valence-corrected chi connectivity index (χ3v) is 5.42. The number of ketones is 1. The predicted octanol–water partition coefficient (Wildman–Crippen LogP) is 4.35. The van der Waals surface area contributed by atoms with Gasteiger partial charge in [0.2, 0.25) is 5.91 Å². The number of amides is 1. The van der Waals surface area contributed by atoms with Crippen molar-refractivity contribution in [3.8, 4) is 11.4 Å². The highest BCUT2D eigenvalue weighted by Gasteiger charge is 2.22. The average molecular weight is 410 g/mol. The first-order valence-electron chi connectivity index (χ1n) is 9.08. The Balaban J connectivity index is 1.80. The highest BCUT2D eigenvalue weighted by Crippen LogP contribution is 2.29. The van der Waals surface area contributed by atoms with Crippen molar-refractivity contribution in [2.75, 3.05) is 5.32 Å². The maximum Gasteiger partial charge on any atom is 0.237 e. The van der Waals surface area contributed by atoms with Crippen LogP contribution >= 0.6 is 11.8 Å². The van der Waals surface area contributed by atoms with Crippen LogP contribution in [0.2, 0.25) is 0 Å². The molecular weight excluding hydrogens is 388 g/mol. The number of aryl methyl sites for hydroxylation is 1. The van der Waals surface area contributed by atoms with Crippen LogP contribution in [-0.4, -0.2) is 31.7 Å². The van der Waals surface area contributed by atoms with E-state index in [1.54, 1.807) is 43.5 Å². The van der Waals surface area contributed by atoms with Crippen molar-refractivity contribution < 1.29 is 14.0 Å². The number of furan rings is 1. The van der Waals surface area contributed by atoms with E-state index in [9.17, 15) is 9.59 Å². The van der Waals surface area contributed by atoms with E-state index in [0.717, 1.165) is 11.3 Å². The van der Waals surface area contributed by atoms with Gasteiger partial charge in [-0.1, -0.05) is 30.0 Å². The van der Waals surface area contributed by atoms with E-state index in [1.165, 1.54) is 18.7 Å². The number of hydrogen-bond donors (Lipinski definition) is 1. The highest BCUT2D eigenvalue weighted by molar-refractivity contribution is 8.00. The average Bonchev–Trinajstić information content (AvgIpc) is 3.28. The Hall–Kier alpha value is -3.13. The molecule has 150 valence electrons. The Morgan fingerprint density at radius 1 is 1.31 bits per heavy atom. The van der Waals surface area contributed by atoms with Crippen LogP contribution in [0, 0.1) is 6.92 Å². The summed E-state index contributed by atoms with van der Waals surface area (Å²) in [6, 6.07) is 8.78. The first-order chi connectivity index (χ1) is 13.9. The molecule has 1 unspecified atom stereocenters. The minimum Gasteiger partial charge on any atom is -0.469 e. The summed E-state index contributed by atoms with van der Waals surface area (Å²) < 4.78 is 7.26.